The van der Waals surface area contributed by atoms with Crippen LogP contribution in [-0.2, 0) is 0 Å². The van der Waals surface area contributed by atoms with Crippen LogP contribution in [-0.4, -0.2) is 31.0 Å². The number of alkyl halides is 2. The first-order valence-corrected chi connectivity index (χ1v) is 7.09. The number of hydrogen-bond acceptors (Lipinski definition) is 1. The first-order valence-electron chi connectivity index (χ1n) is 7.09. The molecule has 0 spiro atoms. The number of rotatable bonds is 4. The van der Waals surface area contributed by atoms with E-state index in [1.54, 1.807) is 0 Å². The van der Waals surface area contributed by atoms with Gasteiger partial charge in [0.15, 0.2) is 0 Å². The Morgan fingerprint density at radius 1 is 1.26 bits per heavy atom. The molecule has 4 atom stereocenters. The van der Waals surface area contributed by atoms with Crippen LogP contribution >= 0.6 is 0 Å². The van der Waals surface area contributed by atoms with Crippen molar-refractivity contribution in [1.29, 1.82) is 0 Å². The van der Waals surface area contributed by atoms with Gasteiger partial charge in [-0.15, -0.1) is 0 Å². The second kappa shape index (κ2) is 6.00. The molecule has 0 aliphatic carbocycles. The summed E-state index contributed by atoms with van der Waals surface area (Å²) in [5, 5.41) is 0. The molecule has 1 nitrogen and oxygen atoms in total. The number of likely N-dealkylation sites (tertiary alicyclic amines) is 1. The van der Waals surface area contributed by atoms with E-state index in [0.717, 1.165) is 18.5 Å². The summed E-state index contributed by atoms with van der Waals surface area (Å²) in [6.07, 6.45) is -1.25. The molecule has 1 aromatic carbocycles. The SMILES string of the molecule is CCC(C)[C@@H]1CN(C)[C@H](C(F)F)[C@H]1c1ccccc1. The minimum atomic E-state index is -2.29. The number of halogens is 2. The van der Waals surface area contributed by atoms with Gasteiger partial charge in [0.1, 0.15) is 0 Å². The van der Waals surface area contributed by atoms with E-state index >= 15 is 0 Å². The molecule has 1 fully saturated rings. The van der Waals surface area contributed by atoms with E-state index in [1.165, 1.54) is 0 Å². The van der Waals surface area contributed by atoms with Crippen molar-refractivity contribution in [1.82, 2.24) is 4.90 Å². The van der Waals surface area contributed by atoms with Gasteiger partial charge in [-0.05, 0) is 24.4 Å². The molecule has 3 heteroatoms. The number of nitrogens with zero attached hydrogens (tertiary/aromatic N) is 1. The minimum Gasteiger partial charge on any atom is -0.297 e. The van der Waals surface area contributed by atoms with Crippen LogP contribution in [0.3, 0.4) is 0 Å². The lowest BCUT2D eigenvalue weighted by Crippen LogP contribution is -2.35. The highest BCUT2D eigenvalue weighted by atomic mass is 19.3. The van der Waals surface area contributed by atoms with Crippen molar-refractivity contribution in [2.45, 2.75) is 38.7 Å². The maximum Gasteiger partial charge on any atom is 0.254 e. The lowest BCUT2D eigenvalue weighted by Gasteiger charge is -2.28. The average Bonchev–Trinajstić information content (AvgIpc) is 2.76. The standard InChI is InChI=1S/C16H23F2N/c1-4-11(2)13-10-19(3)15(16(17)18)14(13)12-8-6-5-7-9-12/h5-9,11,13-16H,4,10H2,1-3H3/t11?,13-,14-,15-/m0/s1. The number of likely N-dealkylation sites (N-methyl/N-ethyl adjacent to an activating group) is 1. The summed E-state index contributed by atoms with van der Waals surface area (Å²) >= 11 is 0. The van der Waals surface area contributed by atoms with E-state index in [-0.39, 0.29) is 5.92 Å². The molecule has 0 saturated carbocycles. The van der Waals surface area contributed by atoms with Gasteiger partial charge in [0.2, 0.25) is 0 Å². The highest BCUT2D eigenvalue weighted by molar-refractivity contribution is 5.25. The van der Waals surface area contributed by atoms with E-state index in [0.29, 0.717) is 11.8 Å². The van der Waals surface area contributed by atoms with Crippen LogP contribution in [0, 0.1) is 11.8 Å². The molecule has 106 valence electrons. The summed E-state index contributed by atoms with van der Waals surface area (Å²) in [4.78, 5) is 1.85. The van der Waals surface area contributed by atoms with Crippen LogP contribution in [0.5, 0.6) is 0 Å². The molecule has 1 aliphatic rings. The number of benzene rings is 1. The molecule has 1 aliphatic heterocycles. The molecule has 1 unspecified atom stereocenters. The molecule has 19 heavy (non-hydrogen) atoms. The maximum atomic E-state index is 13.4. The Labute approximate surface area is 114 Å². The fourth-order valence-corrected chi connectivity index (χ4v) is 3.40. The molecule has 0 N–H and O–H groups in total. The van der Waals surface area contributed by atoms with Gasteiger partial charge in [-0.1, -0.05) is 50.6 Å². The lowest BCUT2D eigenvalue weighted by molar-refractivity contribution is 0.0505. The Hall–Kier alpha value is -0.960. The predicted octanol–water partition coefficient (Wildman–Crippen LogP) is 4.01. The molecule has 1 saturated heterocycles. The van der Waals surface area contributed by atoms with Gasteiger partial charge >= 0.3 is 0 Å². The average molecular weight is 267 g/mol. The summed E-state index contributed by atoms with van der Waals surface area (Å²) in [5.74, 6) is 0.731. The van der Waals surface area contributed by atoms with E-state index in [9.17, 15) is 8.78 Å². The van der Waals surface area contributed by atoms with Crippen LogP contribution in [0.4, 0.5) is 8.78 Å². The minimum absolute atomic E-state index is 0.0545. The Kier molecular flexibility index (Phi) is 4.56. The van der Waals surface area contributed by atoms with Crippen molar-refractivity contribution >= 4 is 0 Å². The second-order valence-corrected chi connectivity index (χ2v) is 5.75. The first kappa shape index (κ1) is 14.4. The summed E-state index contributed by atoms with van der Waals surface area (Å²) < 4.78 is 26.9. The maximum absolute atomic E-state index is 13.4. The molecule has 0 bridgehead atoms. The Morgan fingerprint density at radius 2 is 1.89 bits per heavy atom. The first-order chi connectivity index (χ1) is 9.06. The van der Waals surface area contributed by atoms with E-state index in [4.69, 9.17) is 0 Å². The molecule has 0 radical (unpaired) electrons. The molecule has 2 rings (SSSR count). The van der Waals surface area contributed by atoms with Crippen LogP contribution in [0.2, 0.25) is 0 Å². The fourth-order valence-electron chi connectivity index (χ4n) is 3.40. The van der Waals surface area contributed by atoms with Gasteiger partial charge in [0, 0.05) is 12.5 Å². The predicted molar refractivity (Wildman–Crippen MR) is 74.6 cm³/mol. The third-order valence-corrected chi connectivity index (χ3v) is 4.65. The Bertz CT molecular complexity index is 393. The molecule has 1 aromatic rings. The van der Waals surface area contributed by atoms with Crippen LogP contribution in [0.25, 0.3) is 0 Å². The third-order valence-electron chi connectivity index (χ3n) is 4.65. The summed E-state index contributed by atoms with van der Waals surface area (Å²) in [5.41, 5.74) is 1.06. The van der Waals surface area contributed by atoms with Crippen molar-refractivity contribution in [2.75, 3.05) is 13.6 Å². The van der Waals surface area contributed by atoms with Crippen molar-refractivity contribution in [3.8, 4) is 0 Å². The van der Waals surface area contributed by atoms with Gasteiger partial charge < -0.3 is 0 Å². The highest BCUT2D eigenvalue weighted by Crippen LogP contribution is 2.44. The molecular formula is C16H23F2N. The monoisotopic (exact) mass is 267 g/mol. The van der Waals surface area contributed by atoms with Gasteiger partial charge in [-0.2, -0.15) is 0 Å². The molecule has 0 amide bonds. The van der Waals surface area contributed by atoms with E-state index in [1.807, 2.05) is 42.3 Å². The van der Waals surface area contributed by atoms with Gasteiger partial charge in [0.25, 0.3) is 6.43 Å². The summed E-state index contributed by atoms with van der Waals surface area (Å²) in [7, 11) is 1.83. The zero-order valence-electron chi connectivity index (χ0n) is 11.9. The Balaban J connectivity index is 2.35. The quantitative estimate of drug-likeness (QED) is 0.796. The van der Waals surface area contributed by atoms with E-state index in [2.05, 4.69) is 13.8 Å². The number of hydrogen-bond donors (Lipinski definition) is 0. The largest absolute Gasteiger partial charge is 0.297 e. The zero-order valence-corrected chi connectivity index (χ0v) is 11.9. The van der Waals surface area contributed by atoms with Gasteiger partial charge in [0.05, 0.1) is 6.04 Å². The van der Waals surface area contributed by atoms with Gasteiger partial charge in [-0.25, -0.2) is 8.78 Å². The summed E-state index contributed by atoms with van der Waals surface area (Å²) in [6.45, 7) is 5.09. The highest BCUT2D eigenvalue weighted by Gasteiger charge is 2.46. The van der Waals surface area contributed by atoms with E-state index < -0.39 is 12.5 Å². The molecule has 1 heterocycles. The topological polar surface area (TPSA) is 3.24 Å². The van der Waals surface area contributed by atoms with Gasteiger partial charge in [-0.3, -0.25) is 4.90 Å². The van der Waals surface area contributed by atoms with Crippen molar-refractivity contribution in [2.24, 2.45) is 11.8 Å². The zero-order chi connectivity index (χ0) is 14.0. The smallest absolute Gasteiger partial charge is 0.254 e. The van der Waals surface area contributed by atoms with Crippen LogP contribution < -0.4 is 0 Å². The van der Waals surface area contributed by atoms with Crippen molar-refractivity contribution < 1.29 is 8.78 Å². The van der Waals surface area contributed by atoms with Crippen molar-refractivity contribution in [3.05, 3.63) is 35.9 Å². The lowest BCUT2D eigenvalue weighted by atomic mass is 9.77. The van der Waals surface area contributed by atoms with Crippen LogP contribution in [0.1, 0.15) is 31.7 Å². The second-order valence-electron chi connectivity index (χ2n) is 5.75. The normalized spacial score (nSPS) is 29.9. The Morgan fingerprint density at radius 3 is 2.42 bits per heavy atom. The van der Waals surface area contributed by atoms with Crippen LogP contribution in [0.15, 0.2) is 30.3 Å². The summed E-state index contributed by atoms with van der Waals surface area (Å²) in [6, 6.07) is 9.18. The fraction of sp³-hybridized carbons (Fsp3) is 0.625. The third kappa shape index (κ3) is 2.81. The molecule has 0 aromatic heterocycles. The van der Waals surface area contributed by atoms with Crippen molar-refractivity contribution in [3.63, 3.8) is 0 Å². The molecular weight excluding hydrogens is 244 g/mol.